The second-order valence-corrected chi connectivity index (χ2v) is 10.7. The van der Waals surface area contributed by atoms with Crippen molar-refractivity contribution in [3.63, 3.8) is 0 Å². The maximum atomic E-state index is 10.4. The number of ether oxygens (including phenoxy) is 1. The topological polar surface area (TPSA) is 77.5 Å². The van der Waals surface area contributed by atoms with E-state index in [1.54, 1.807) is 29.8 Å². The summed E-state index contributed by atoms with van der Waals surface area (Å²) in [4.78, 5) is 17.5. The number of methoxy groups -OCH3 is 1. The molecule has 7 nitrogen and oxygen atoms in total. The summed E-state index contributed by atoms with van der Waals surface area (Å²) in [6.45, 7) is 4.56. The average Bonchev–Trinajstić information content (AvgIpc) is 3.53. The molecule has 0 unspecified atom stereocenters. The number of H-pyrrole nitrogens is 1. The molecule has 9 heteroatoms. The first-order valence-electron chi connectivity index (χ1n) is 10.7. The van der Waals surface area contributed by atoms with Crippen LogP contribution in [0.3, 0.4) is 0 Å². The summed E-state index contributed by atoms with van der Waals surface area (Å²) in [6.07, 6.45) is 3.73. The molecule has 1 fully saturated rings. The van der Waals surface area contributed by atoms with Crippen LogP contribution in [0.2, 0.25) is 0 Å². The van der Waals surface area contributed by atoms with Crippen LogP contribution in [0.4, 0.5) is 0 Å². The van der Waals surface area contributed by atoms with Gasteiger partial charge in [0.05, 0.1) is 32.8 Å². The first-order valence-corrected chi connectivity index (χ1v) is 12.5. The van der Waals surface area contributed by atoms with Crippen molar-refractivity contribution >= 4 is 33.6 Å². The predicted molar refractivity (Wildman–Crippen MR) is 126 cm³/mol. The molecule has 1 saturated heterocycles. The molecule has 2 aliphatic rings. The molecular weight excluding hydrogens is 442 g/mol. The number of aliphatic hydroxyl groups excluding tert-OH is 1. The molecule has 1 aromatic carbocycles. The molecule has 4 aromatic rings. The van der Waals surface area contributed by atoms with Crippen LogP contribution in [0.25, 0.3) is 10.9 Å². The Hall–Kier alpha value is -2.30. The van der Waals surface area contributed by atoms with E-state index in [-0.39, 0.29) is 18.1 Å². The number of fused-ring (bicyclic) bond motifs is 4. The molecule has 0 saturated carbocycles. The summed E-state index contributed by atoms with van der Waals surface area (Å²) in [5.41, 5.74) is 3.58. The van der Waals surface area contributed by atoms with Gasteiger partial charge in [0.25, 0.3) is 0 Å². The van der Waals surface area contributed by atoms with E-state index < -0.39 is 0 Å². The Morgan fingerprint density at radius 1 is 1.12 bits per heavy atom. The molecule has 1 spiro atoms. The van der Waals surface area contributed by atoms with Crippen molar-refractivity contribution in [2.45, 2.75) is 24.5 Å². The fourth-order valence-electron chi connectivity index (χ4n) is 5.49. The minimum Gasteiger partial charge on any atom is -0.497 e. The number of benzene rings is 1. The van der Waals surface area contributed by atoms with Crippen LogP contribution in [0, 0.1) is 0 Å². The highest BCUT2D eigenvalue weighted by Gasteiger charge is 2.52. The molecule has 0 bridgehead atoms. The molecule has 2 aliphatic heterocycles. The van der Waals surface area contributed by atoms with Crippen LogP contribution < -0.4 is 4.74 Å². The number of thiazole rings is 2. The zero-order chi connectivity index (χ0) is 21.7. The number of hydrogen-bond acceptors (Lipinski definition) is 8. The van der Waals surface area contributed by atoms with Gasteiger partial charge in [0, 0.05) is 70.9 Å². The fourth-order valence-corrected chi connectivity index (χ4v) is 6.78. The quantitative estimate of drug-likeness (QED) is 0.453. The molecule has 5 heterocycles. The SMILES string of the molecule is COc1ccc2c3c([nH]c2c1)[C@@H](CO)N(Cc1nccs1)CC31CN(Cc2nccs2)C1. The molecule has 1 atom stereocenters. The normalized spacial score (nSPS) is 20.5. The molecular formula is C23H25N5O2S2. The Morgan fingerprint density at radius 2 is 1.88 bits per heavy atom. The van der Waals surface area contributed by atoms with Gasteiger partial charge >= 0.3 is 0 Å². The third-order valence-electron chi connectivity index (χ3n) is 6.73. The third-order valence-corrected chi connectivity index (χ3v) is 8.26. The minimum atomic E-state index is -0.0778. The van der Waals surface area contributed by atoms with Gasteiger partial charge in [-0.25, -0.2) is 9.97 Å². The van der Waals surface area contributed by atoms with Gasteiger partial charge in [-0.15, -0.1) is 22.7 Å². The van der Waals surface area contributed by atoms with Crippen molar-refractivity contribution in [2.75, 3.05) is 33.4 Å². The van der Waals surface area contributed by atoms with Gasteiger partial charge in [0.15, 0.2) is 0 Å². The maximum absolute atomic E-state index is 10.4. The number of nitrogens with one attached hydrogen (secondary N) is 1. The molecule has 0 radical (unpaired) electrons. The average molecular weight is 468 g/mol. The van der Waals surface area contributed by atoms with Crippen molar-refractivity contribution < 1.29 is 9.84 Å². The largest absolute Gasteiger partial charge is 0.497 e. The number of hydrogen-bond donors (Lipinski definition) is 2. The van der Waals surface area contributed by atoms with E-state index in [4.69, 9.17) is 4.74 Å². The number of likely N-dealkylation sites (tertiary alicyclic amines) is 1. The molecule has 2 N–H and O–H groups in total. The monoisotopic (exact) mass is 467 g/mol. The van der Waals surface area contributed by atoms with Crippen molar-refractivity contribution in [1.82, 2.24) is 24.8 Å². The van der Waals surface area contributed by atoms with E-state index in [0.717, 1.165) is 59.7 Å². The van der Waals surface area contributed by atoms with E-state index >= 15 is 0 Å². The summed E-state index contributed by atoms with van der Waals surface area (Å²) in [5, 5.41) is 18.0. The first kappa shape index (κ1) is 20.3. The second-order valence-electron chi connectivity index (χ2n) is 8.71. The lowest BCUT2D eigenvalue weighted by Gasteiger charge is -2.56. The lowest BCUT2D eigenvalue weighted by molar-refractivity contribution is -0.0119. The van der Waals surface area contributed by atoms with Crippen LogP contribution in [0.5, 0.6) is 5.75 Å². The maximum Gasteiger partial charge on any atom is 0.120 e. The van der Waals surface area contributed by atoms with Crippen molar-refractivity contribution in [3.05, 3.63) is 62.6 Å². The molecule has 3 aromatic heterocycles. The number of rotatable bonds is 6. The number of nitrogens with zero attached hydrogens (tertiary/aromatic N) is 4. The highest BCUT2D eigenvalue weighted by Crippen LogP contribution is 2.49. The van der Waals surface area contributed by atoms with E-state index in [2.05, 4.69) is 36.9 Å². The van der Waals surface area contributed by atoms with Crippen LogP contribution in [0.1, 0.15) is 27.3 Å². The lowest BCUT2D eigenvalue weighted by atomic mass is 9.68. The van der Waals surface area contributed by atoms with Crippen molar-refractivity contribution in [3.8, 4) is 5.75 Å². The smallest absolute Gasteiger partial charge is 0.120 e. The lowest BCUT2D eigenvalue weighted by Crippen LogP contribution is -2.65. The Balaban J connectivity index is 1.41. The van der Waals surface area contributed by atoms with E-state index in [0.29, 0.717) is 0 Å². The Kier molecular flexibility index (Phi) is 5.03. The highest BCUT2D eigenvalue weighted by atomic mass is 32.1. The zero-order valence-corrected chi connectivity index (χ0v) is 19.5. The van der Waals surface area contributed by atoms with Crippen LogP contribution in [-0.2, 0) is 18.5 Å². The summed E-state index contributed by atoms with van der Waals surface area (Å²) in [5.74, 6) is 0.837. The third kappa shape index (κ3) is 3.27. The molecule has 32 heavy (non-hydrogen) atoms. The van der Waals surface area contributed by atoms with Gasteiger partial charge in [-0.3, -0.25) is 9.80 Å². The Bertz CT molecular complexity index is 1210. The van der Waals surface area contributed by atoms with Gasteiger partial charge in [-0.1, -0.05) is 0 Å². The summed E-state index contributed by atoms with van der Waals surface area (Å²) in [6, 6.07) is 6.18. The number of aromatic amines is 1. The fraction of sp³-hybridized carbons (Fsp3) is 0.391. The van der Waals surface area contributed by atoms with E-state index in [1.165, 1.54) is 10.9 Å². The van der Waals surface area contributed by atoms with Crippen molar-refractivity contribution in [2.24, 2.45) is 0 Å². The van der Waals surface area contributed by atoms with E-state index in [1.807, 2.05) is 29.2 Å². The molecule has 6 rings (SSSR count). The number of aliphatic hydroxyl groups is 1. The van der Waals surface area contributed by atoms with Gasteiger partial charge in [-0.2, -0.15) is 0 Å². The Labute approximate surface area is 194 Å². The predicted octanol–water partition coefficient (Wildman–Crippen LogP) is 3.39. The van der Waals surface area contributed by atoms with Crippen LogP contribution >= 0.6 is 22.7 Å². The molecule has 0 amide bonds. The van der Waals surface area contributed by atoms with Crippen LogP contribution in [-0.4, -0.2) is 63.2 Å². The van der Waals surface area contributed by atoms with Crippen LogP contribution in [0.15, 0.2) is 41.4 Å². The standard InChI is InChI=1S/C23H25N5O2S2/c1-30-15-2-3-16-17(8-15)26-22-18(11-29)28(10-20-25-5-7-32-20)14-23(21(16)22)12-27(13-23)9-19-24-4-6-31-19/h2-8,18,26,29H,9-14H2,1H3/t18-/m1/s1. The van der Waals surface area contributed by atoms with Gasteiger partial charge in [0.2, 0.25) is 0 Å². The van der Waals surface area contributed by atoms with Gasteiger partial charge < -0.3 is 14.8 Å². The van der Waals surface area contributed by atoms with Gasteiger partial charge in [-0.05, 0) is 17.7 Å². The van der Waals surface area contributed by atoms with Gasteiger partial charge in [0.1, 0.15) is 15.8 Å². The zero-order valence-electron chi connectivity index (χ0n) is 17.8. The van der Waals surface area contributed by atoms with E-state index in [9.17, 15) is 5.11 Å². The second kappa shape index (κ2) is 7.93. The molecule has 166 valence electrons. The first-order chi connectivity index (χ1) is 15.7. The summed E-state index contributed by atoms with van der Waals surface area (Å²) < 4.78 is 5.47. The van der Waals surface area contributed by atoms with Crippen molar-refractivity contribution in [1.29, 1.82) is 0 Å². The summed E-state index contributed by atoms with van der Waals surface area (Å²) >= 11 is 3.38. The Morgan fingerprint density at radius 3 is 2.53 bits per heavy atom. The molecule has 0 aliphatic carbocycles. The summed E-state index contributed by atoms with van der Waals surface area (Å²) in [7, 11) is 1.69. The highest BCUT2D eigenvalue weighted by molar-refractivity contribution is 7.09. The number of aromatic nitrogens is 3. The minimum absolute atomic E-state index is 0.0162.